The van der Waals surface area contributed by atoms with E-state index < -0.39 is 5.60 Å². The minimum atomic E-state index is -0.955. The van der Waals surface area contributed by atoms with Crippen LogP contribution in [0.25, 0.3) is 0 Å². The highest BCUT2D eigenvalue weighted by Crippen LogP contribution is 2.54. The van der Waals surface area contributed by atoms with E-state index in [0.717, 1.165) is 34.9 Å². The molecule has 1 aliphatic carbocycles. The topological polar surface area (TPSA) is 73.8 Å². The predicted molar refractivity (Wildman–Crippen MR) is 137 cm³/mol. The van der Waals surface area contributed by atoms with E-state index in [1.807, 2.05) is 42.5 Å². The van der Waals surface area contributed by atoms with E-state index in [2.05, 4.69) is 35.7 Å². The van der Waals surface area contributed by atoms with Crippen LogP contribution in [-0.2, 0) is 10.3 Å². The van der Waals surface area contributed by atoms with E-state index in [1.165, 1.54) is 25.7 Å². The molecule has 0 atom stereocenters. The van der Waals surface area contributed by atoms with Crippen molar-refractivity contribution in [1.29, 1.82) is 0 Å². The minimum Gasteiger partial charge on any atom is -0.380 e. The Labute approximate surface area is 206 Å². The van der Waals surface area contributed by atoms with Crippen LogP contribution in [-0.4, -0.2) is 42.9 Å². The average Bonchev–Trinajstić information content (AvgIpc) is 3.54. The molecular formula is C27H35N3O3S. The van der Waals surface area contributed by atoms with Crippen molar-refractivity contribution in [1.82, 2.24) is 4.72 Å². The summed E-state index contributed by atoms with van der Waals surface area (Å²) in [4.78, 5) is 16.8. The third-order valence-corrected chi connectivity index (χ3v) is 8.35. The summed E-state index contributed by atoms with van der Waals surface area (Å²) in [7, 11) is 0. The van der Waals surface area contributed by atoms with Gasteiger partial charge in [0.2, 0.25) is 0 Å². The molecular weight excluding hydrogens is 446 g/mol. The number of carbonyl (C=O) groups excluding carboxylic acids is 1. The van der Waals surface area contributed by atoms with Gasteiger partial charge >= 0.3 is 0 Å². The molecule has 1 amide bonds. The highest BCUT2D eigenvalue weighted by molar-refractivity contribution is 7.97. The van der Waals surface area contributed by atoms with Gasteiger partial charge in [0.25, 0.3) is 5.91 Å². The number of nitrogens with zero attached hydrogens (tertiary/aromatic N) is 1. The molecule has 182 valence electrons. The SMILES string of the molecule is CC(C)(C)NSc1cccc(NC(=O)c2ccc(C3(O)COC3)cc2N2CCC3(CC2)CC3)c1. The first kappa shape index (κ1) is 23.7. The number of piperidine rings is 1. The Bertz CT molecular complexity index is 1060. The molecule has 3 fully saturated rings. The van der Waals surface area contributed by atoms with Crippen LogP contribution >= 0.6 is 11.9 Å². The lowest BCUT2D eigenvalue weighted by Gasteiger charge is -2.39. The van der Waals surface area contributed by atoms with E-state index in [9.17, 15) is 9.90 Å². The Morgan fingerprint density at radius 2 is 1.79 bits per heavy atom. The lowest BCUT2D eigenvalue weighted by molar-refractivity contribution is -0.184. The van der Waals surface area contributed by atoms with Crippen LogP contribution in [0.3, 0.4) is 0 Å². The Hall–Kier alpha value is -2.06. The number of hydrogen-bond donors (Lipinski definition) is 3. The minimum absolute atomic E-state index is 0.0103. The van der Waals surface area contributed by atoms with Crippen molar-refractivity contribution < 1.29 is 14.6 Å². The van der Waals surface area contributed by atoms with Gasteiger partial charge in [0, 0.05) is 34.9 Å². The molecule has 0 bridgehead atoms. The molecule has 5 rings (SSSR count). The van der Waals surface area contributed by atoms with Crippen LogP contribution in [0.2, 0.25) is 0 Å². The first-order valence-corrected chi connectivity index (χ1v) is 13.0. The van der Waals surface area contributed by atoms with Gasteiger partial charge in [-0.3, -0.25) is 9.52 Å². The van der Waals surface area contributed by atoms with Crippen LogP contribution in [0.5, 0.6) is 0 Å². The zero-order chi connectivity index (χ0) is 24.0. The summed E-state index contributed by atoms with van der Waals surface area (Å²) >= 11 is 1.56. The van der Waals surface area contributed by atoms with Crippen molar-refractivity contribution in [2.75, 3.05) is 36.5 Å². The predicted octanol–water partition coefficient (Wildman–Crippen LogP) is 4.93. The molecule has 3 aliphatic rings. The number of amides is 1. The third-order valence-electron chi connectivity index (χ3n) is 7.15. The second-order valence-electron chi connectivity index (χ2n) is 11.2. The molecule has 1 spiro atoms. The maximum Gasteiger partial charge on any atom is 0.257 e. The van der Waals surface area contributed by atoms with Crippen molar-refractivity contribution in [3.63, 3.8) is 0 Å². The maximum atomic E-state index is 13.4. The first-order valence-electron chi connectivity index (χ1n) is 12.2. The van der Waals surface area contributed by atoms with Gasteiger partial charge in [-0.1, -0.05) is 12.1 Å². The fourth-order valence-electron chi connectivity index (χ4n) is 4.68. The van der Waals surface area contributed by atoms with E-state index in [-0.39, 0.29) is 11.4 Å². The Morgan fingerprint density at radius 1 is 1.06 bits per heavy atom. The van der Waals surface area contributed by atoms with E-state index >= 15 is 0 Å². The summed E-state index contributed by atoms with van der Waals surface area (Å²) in [5, 5.41) is 13.9. The summed E-state index contributed by atoms with van der Waals surface area (Å²) in [6.45, 7) is 8.85. The van der Waals surface area contributed by atoms with Gasteiger partial charge in [-0.05, 0) is 99.7 Å². The molecule has 0 unspecified atom stereocenters. The van der Waals surface area contributed by atoms with Crippen LogP contribution in [0, 0.1) is 5.41 Å². The molecule has 0 aromatic heterocycles. The molecule has 2 aliphatic heterocycles. The zero-order valence-corrected chi connectivity index (χ0v) is 21.1. The Balaban J connectivity index is 1.37. The molecule has 2 heterocycles. The molecule has 3 N–H and O–H groups in total. The summed E-state index contributed by atoms with van der Waals surface area (Å²) in [5.74, 6) is -0.129. The fraction of sp³-hybridized carbons (Fsp3) is 0.519. The van der Waals surface area contributed by atoms with Crippen molar-refractivity contribution in [3.05, 3.63) is 53.6 Å². The molecule has 1 saturated carbocycles. The number of hydrogen-bond acceptors (Lipinski definition) is 6. The number of ether oxygens (including phenoxy) is 1. The van der Waals surface area contributed by atoms with Crippen molar-refractivity contribution in [2.45, 2.75) is 62.5 Å². The second kappa shape index (κ2) is 8.86. The van der Waals surface area contributed by atoms with Gasteiger partial charge in [0.15, 0.2) is 0 Å². The molecule has 2 aromatic rings. The highest BCUT2D eigenvalue weighted by Gasteiger charge is 2.45. The lowest BCUT2D eigenvalue weighted by atomic mass is 9.89. The summed E-state index contributed by atoms with van der Waals surface area (Å²) < 4.78 is 8.68. The first-order chi connectivity index (χ1) is 16.1. The molecule has 34 heavy (non-hydrogen) atoms. The molecule has 7 heteroatoms. The number of carbonyl (C=O) groups is 1. The number of nitrogens with one attached hydrogen (secondary N) is 2. The highest BCUT2D eigenvalue weighted by atomic mass is 32.2. The summed E-state index contributed by atoms with van der Waals surface area (Å²) in [6, 6.07) is 13.6. The van der Waals surface area contributed by atoms with Gasteiger partial charge in [-0.15, -0.1) is 0 Å². The maximum absolute atomic E-state index is 13.4. The van der Waals surface area contributed by atoms with Crippen molar-refractivity contribution in [2.24, 2.45) is 5.41 Å². The smallest absolute Gasteiger partial charge is 0.257 e. The number of benzene rings is 2. The van der Waals surface area contributed by atoms with Crippen LogP contribution < -0.4 is 14.9 Å². The fourth-order valence-corrected chi connectivity index (χ4v) is 5.44. The summed E-state index contributed by atoms with van der Waals surface area (Å²) in [6.07, 6.45) is 5.02. The monoisotopic (exact) mass is 481 g/mol. The molecule has 2 aromatic carbocycles. The van der Waals surface area contributed by atoms with E-state index in [0.29, 0.717) is 24.2 Å². The van der Waals surface area contributed by atoms with Gasteiger partial charge < -0.3 is 20.1 Å². The number of aliphatic hydroxyl groups is 1. The van der Waals surface area contributed by atoms with Crippen LogP contribution in [0.15, 0.2) is 47.4 Å². The van der Waals surface area contributed by atoms with E-state index in [4.69, 9.17) is 4.74 Å². The lowest BCUT2D eigenvalue weighted by Crippen LogP contribution is -2.46. The second-order valence-corrected chi connectivity index (χ2v) is 12.1. The van der Waals surface area contributed by atoms with Crippen LogP contribution in [0.1, 0.15) is 62.4 Å². The largest absolute Gasteiger partial charge is 0.380 e. The van der Waals surface area contributed by atoms with E-state index in [1.54, 1.807) is 11.9 Å². The van der Waals surface area contributed by atoms with Gasteiger partial charge in [0.05, 0.1) is 18.8 Å². The number of anilines is 2. The Kier molecular flexibility index (Phi) is 6.17. The summed E-state index contributed by atoms with van der Waals surface area (Å²) in [5.41, 5.74) is 2.73. The normalized spacial score (nSPS) is 20.6. The quantitative estimate of drug-likeness (QED) is 0.508. The number of rotatable bonds is 6. The van der Waals surface area contributed by atoms with Crippen molar-refractivity contribution >= 4 is 29.2 Å². The third kappa shape index (κ3) is 5.13. The average molecular weight is 482 g/mol. The Morgan fingerprint density at radius 3 is 2.41 bits per heavy atom. The molecule has 0 radical (unpaired) electrons. The van der Waals surface area contributed by atoms with Crippen LogP contribution in [0.4, 0.5) is 11.4 Å². The van der Waals surface area contributed by atoms with Crippen molar-refractivity contribution in [3.8, 4) is 0 Å². The molecule has 6 nitrogen and oxygen atoms in total. The zero-order valence-electron chi connectivity index (χ0n) is 20.3. The van der Waals surface area contributed by atoms with Gasteiger partial charge in [-0.25, -0.2) is 0 Å². The van der Waals surface area contributed by atoms with Gasteiger partial charge in [0.1, 0.15) is 5.60 Å². The molecule has 2 saturated heterocycles. The van der Waals surface area contributed by atoms with Gasteiger partial charge in [-0.2, -0.15) is 0 Å². The standard InChI is InChI=1S/C27H35N3O3S/c1-25(2,3)29-34-21-6-4-5-20(16-21)28-24(31)22-8-7-19(27(32)17-33-18-27)15-23(22)30-13-11-26(9-10-26)12-14-30/h4-8,15-16,29,32H,9-14,17-18H2,1-3H3,(H,28,31).